The Morgan fingerprint density at radius 3 is 2.90 bits per heavy atom. The molecule has 1 aromatic carbocycles. The molecule has 0 aliphatic rings. The Labute approximate surface area is 117 Å². The largest absolute Gasteiger partial charge is 0.493 e. The summed E-state index contributed by atoms with van der Waals surface area (Å²) in [4.78, 5) is 14.9. The van der Waals surface area contributed by atoms with Crippen molar-refractivity contribution in [2.24, 2.45) is 0 Å². The van der Waals surface area contributed by atoms with Gasteiger partial charge in [-0.1, -0.05) is 0 Å². The van der Waals surface area contributed by atoms with Crippen LogP contribution in [-0.2, 0) is 0 Å². The number of tetrazole rings is 1. The highest BCUT2D eigenvalue weighted by molar-refractivity contribution is 5.88. The molecule has 0 saturated heterocycles. The van der Waals surface area contributed by atoms with Gasteiger partial charge in [0.2, 0.25) is 11.5 Å². The van der Waals surface area contributed by atoms with E-state index in [1.54, 1.807) is 0 Å². The van der Waals surface area contributed by atoms with E-state index in [1.165, 1.54) is 42.2 Å². The molecule has 0 amide bonds. The van der Waals surface area contributed by atoms with Crippen molar-refractivity contribution >= 4 is 11.6 Å². The fourth-order valence-electron chi connectivity index (χ4n) is 1.72. The lowest BCUT2D eigenvalue weighted by molar-refractivity contribution is 0.0696. The van der Waals surface area contributed by atoms with Crippen LogP contribution in [0.25, 0.3) is 5.65 Å². The van der Waals surface area contributed by atoms with Gasteiger partial charge in [0, 0.05) is 0 Å². The van der Waals surface area contributed by atoms with E-state index in [2.05, 4.69) is 20.5 Å². The fourth-order valence-corrected chi connectivity index (χ4v) is 1.72. The third kappa shape index (κ3) is 2.31. The Morgan fingerprint density at radius 2 is 2.14 bits per heavy atom. The van der Waals surface area contributed by atoms with Gasteiger partial charge in [0.15, 0.2) is 11.5 Å². The maximum absolute atomic E-state index is 10.9. The molecule has 3 aromatic rings. The second kappa shape index (κ2) is 5.04. The summed E-state index contributed by atoms with van der Waals surface area (Å²) in [5.74, 6) is -0.171. The van der Waals surface area contributed by atoms with Crippen LogP contribution in [0.15, 0.2) is 30.6 Å². The first-order chi connectivity index (χ1) is 10.2. The summed E-state index contributed by atoms with van der Waals surface area (Å²) in [7, 11) is 1.42. The van der Waals surface area contributed by atoms with E-state index >= 15 is 0 Å². The van der Waals surface area contributed by atoms with Crippen molar-refractivity contribution in [3.63, 3.8) is 0 Å². The van der Waals surface area contributed by atoms with Crippen LogP contribution >= 0.6 is 0 Å². The molecule has 21 heavy (non-hydrogen) atoms. The summed E-state index contributed by atoms with van der Waals surface area (Å²) in [6.45, 7) is 0. The van der Waals surface area contributed by atoms with Gasteiger partial charge in [-0.3, -0.25) is 4.98 Å². The molecule has 9 heteroatoms. The molecule has 2 aromatic heterocycles. The molecular formula is C12H9N5O4. The molecule has 0 aliphatic heterocycles. The lowest BCUT2D eigenvalue weighted by atomic mass is 10.2. The summed E-state index contributed by atoms with van der Waals surface area (Å²) in [5.41, 5.74) is 0.520. The van der Waals surface area contributed by atoms with Gasteiger partial charge in [-0.2, -0.15) is 4.52 Å². The Balaban J connectivity index is 2.01. The lowest BCUT2D eigenvalue weighted by Gasteiger charge is -2.10. The average Bonchev–Trinajstić information content (AvgIpc) is 2.97. The molecule has 0 atom stereocenters. The van der Waals surface area contributed by atoms with Gasteiger partial charge in [-0.15, -0.1) is 5.10 Å². The van der Waals surface area contributed by atoms with Crippen molar-refractivity contribution in [2.75, 3.05) is 7.11 Å². The van der Waals surface area contributed by atoms with Gasteiger partial charge >= 0.3 is 5.97 Å². The van der Waals surface area contributed by atoms with Gasteiger partial charge in [0.25, 0.3) is 0 Å². The van der Waals surface area contributed by atoms with Crippen LogP contribution in [0.1, 0.15) is 10.4 Å². The van der Waals surface area contributed by atoms with Crippen LogP contribution in [0.3, 0.4) is 0 Å². The first-order valence-corrected chi connectivity index (χ1v) is 5.80. The SMILES string of the molecule is COc1cc(C(=O)O)ccc1Oc1cncc2nnnn12. The highest BCUT2D eigenvalue weighted by atomic mass is 16.5. The monoisotopic (exact) mass is 287 g/mol. The first kappa shape index (κ1) is 12.8. The average molecular weight is 287 g/mol. The van der Waals surface area contributed by atoms with Crippen molar-refractivity contribution in [2.45, 2.75) is 0 Å². The third-order valence-electron chi connectivity index (χ3n) is 2.70. The highest BCUT2D eigenvalue weighted by Crippen LogP contribution is 2.31. The van der Waals surface area contributed by atoms with Gasteiger partial charge < -0.3 is 14.6 Å². The number of methoxy groups -OCH3 is 1. The lowest BCUT2D eigenvalue weighted by Crippen LogP contribution is -2.00. The first-order valence-electron chi connectivity index (χ1n) is 5.80. The van der Waals surface area contributed by atoms with Crippen molar-refractivity contribution < 1.29 is 19.4 Å². The van der Waals surface area contributed by atoms with Crippen LogP contribution in [0.5, 0.6) is 17.4 Å². The highest BCUT2D eigenvalue weighted by Gasteiger charge is 2.13. The zero-order valence-electron chi connectivity index (χ0n) is 10.8. The summed E-state index contributed by atoms with van der Waals surface area (Å²) in [6.07, 6.45) is 2.92. The third-order valence-corrected chi connectivity index (χ3v) is 2.70. The van der Waals surface area contributed by atoms with Gasteiger partial charge in [-0.05, 0) is 28.6 Å². The molecular weight excluding hydrogens is 278 g/mol. The number of nitrogens with zero attached hydrogens (tertiary/aromatic N) is 5. The summed E-state index contributed by atoms with van der Waals surface area (Å²) in [6, 6.07) is 4.27. The number of carboxylic acid groups (broad SMARTS) is 1. The van der Waals surface area contributed by atoms with Gasteiger partial charge in [0.05, 0.1) is 25.1 Å². The van der Waals surface area contributed by atoms with Crippen molar-refractivity contribution in [1.82, 2.24) is 25.0 Å². The van der Waals surface area contributed by atoms with E-state index in [9.17, 15) is 4.79 Å². The van der Waals surface area contributed by atoms with Gasteiger partial charge in [0.1, 0.15) is 0 Å². The smallest absolute Gasteiger partial charge is 0.335 e. The zero-order valence-corrected chi connectivity index (χ0v) is 10.8. The standard InChI is InChI=1S/C12H9N5O4/c1-20-9-4-7(12(18)19)2-3-8(9)21-11-6-13-5-10-14-15-16-17(10)11/h2-6H,1H3,(H,18,19). The zero-order chi connectivity index (χ0) is 14.8. The molecule has 0 aliphatic carbocycles. The van der Waals surface area contributed by atoms with Crippen LogP contribution in [-0.4, -0.2) is 43.2 Å². The summed E-state index contributed by atoms with van der Waals surface area (Å²) in [5, 5.41) is 20.0. The number of hydrogen-bond donors (Lipinski definition) is 1. The molecule has 3 rings (SSSR count). The molecule has 9 nitrogen and oxygen atoms in total. The minimum Gasteiger partial charge on any atom is -0.493 e. The molecule has 1 N–H and O–H groups in total. The van der Waals surface area contributed by atoms with E-state index in [-0.39, 0.29) is 17.2 Å². The maximum Gasteiger partial charge on any atom is 0.335 e. The number of rotatable bonds is 4. The number of aromatic nitrogens is 5. The minimum atomic E-state index is -1.05. The number of benzene rings is 1. The van der Waals surface area contributed by atoms with E-state index < -0.39 is 5.97 Å². The fraction of sp³-hybridized carbons (Fsp3) is 0.0833. The Hall–Kier alpha value is -3.23. The molecule has 0 saturated carbocycles. The van der Waals surface area contributed by atoms with Crippen LogP contribution in [0.2, 0.25) is 0 Å². The van der Waals surface area contributed by atoms with E-state index in [0.717, 1.165) is 0 Å². The normalized spacial score (nSPS) is 10.5. The van der Waals surface area contributed by atoms with Gasteiger partial charge in [-0.25, -0.2) is 4.79 Å². The van der Waals surface area contributed by atoms with Crippen molar-refractivity contribution in [3.8, 4) is 17.4 Å². The Morgan fingerprint density at radius 1 is 1.29 bits per heavy atom. The summed E-state index contributed by atoms with van der Waals surface area (Å²) < 4.78 is 12.1. The molecule has 0 bridgehead atoms. The second-order valence-electron chi connectivity index (χ2n) is 3.97. The summed E-state index contributed by atoms with van der Waals surface area (Å²) >= 11 is 0. The molecule has 0 fully saturated rings. The predicted octanol–water partition coefficient (Wildman–Crippen LogP) is 1.02. The molecule has 0 unspecified atom stereocenters. The number of hydrogen-bond acceptors (Lipinski definition) is 7. The van der Waals surface area contributed by atoms with Crippen molar-refractivity contribution in [1.29, 1.82) is 0 Å². The van der Waals surface area contributed by atoms with E-state index in [1.807, 2.05) is 0 Å². The van der Waals surface area contributed by atoms with Crippen molar-refractivity contribution in [3.05, 3.63) is 36.2 Å². The topological polar surface area (TPSA) is 112 Å². The number of ether oxygens (including phenoxy) is 2. The quantitative estimate of drug-likeness (QED) is 0.756. The van der Waals surface area contributed by atoms with E-state index in [4.69, 9.17) is 14.6 Å². The molecule has 0 radical (unpaired) electrons. The van der Waals surface area contributed by atoms with Crippen LogP contribution < -0.4 is 9.47 Å². The number of carboxylic acids is 1. The van der Waals surface area contributed by atoms with E-state index in [0.29, 0.717) is 11.4 Å². The van der Waals surface area contributed by atoms with Crippen LogP contribution in [0.4, 0.5) is 0 Å². The number of aromatic carboxylic acids is 1. The molecule has 2 heterocycles. The maximum atomic E-state index is 10.9. The Kier molecular flexibility index (Phi) is 3.07. The Bertz CT molecular complexity index is 816. The predicted molar refractivity (Wildman–Crippen MR) is 68.6 cm³/mol. The van der Waals surface area contributed by atoms with Crippen LogP contribution in [0, 0.1) is 0 Å². The minimum absolute atomic E-state index is 0.0953. The number of fused-ring (bicyclic) bond motifs is 1. The molecule has 106 valence electrons. The second-order valence-corrected chi connectivity index (χ2v) is 3.97. The molecule has 0 spiro atoms. The number of carbonyl (C=O) groups is 1.